The van der Waals surface area contributed by atoms with Crippen molar-refractivity contribution < 1.29 is 13.2 Å². The van der Waals surface area contributed by atoms with E-state index in [0.717, 1.165) is 0 Å². The molecule has 0 fully saturated rings. The van der Waals surface area contributed by atoms with E-state index >= 15 is 0 Å². The molecule has 0 aliphatic heterocycles. The van der Waals surface area contributed by atoms with Gasteiger partial charge in [0.25, 0.3) is 10.0 Å². The lowest BCUT2D eigenvalue weighted by molar-refractivity contribution is 0.261. The first-order valence-electron chi connectivity index (χ1n) is 7.34. The van der Waals surface area contributed by atoms with Gasteiger partial charge in [-0.15, -0.1) is 0 Å². The first-order valence-corrected chi connectivity index (χ1v) is 10.3. The molecule has 2 rings (SSSR count). The van der Waals surface area contributed by atoms with E-state index in [1.54, 1.807) is 6.07 Å². The zero-order chi connectivity index (χ0) is 19.5. The number of sulfonamides is 1. The summed E-state index contributed by atoms with van der Waals surface area (Å²) in [4.78, 5) is 1.77. The van der Waals surface area contributed by atoms with Crippen LogP contribution in [0, 0.1) is 0 Å². The first-order chi connectivity index (χ1) is 12.1. The second-order valence-electron chi connectivity index (χ2n) is 5.60. The lowest BCUT2D eigenvalue weighted by Crippen LogP contribution is -2.19. The third-order valence-electron chi connectivity index (χ3n) is 3.24. The number of ether oxygens (including phenoxy) is 1. The maximum atomic E-state index is 12.6. The monoisotopic (exact) mass is 456 g/mol. The van der Waals surface area contributed by atoms with Gasteiger partial charge in [-0.25, -0.2) is 8.42 Å². The molecule has 2 aromatic rings. The van der Waals surface area contributed by atoms with Gasteiger partial charge in [-0.3, -0.25) is 4.72 Å². The number of likely N-dealkylation sites (N-methyl/N-ethyl adjacent to an activating group) is 1. The van der Waals surface area contributed by atoms with E-state index in [-0.39, 0.29) is 25.7 Å². The van der Waals surface area contributed by atoms with Crippen molar-refractivity contribution in [3.8, 4) is 5.75 Å². The average Bonchev–Trinajstić information content (AvgIpc) is 2.53. The fraction of sp³-hybridized carbons (Fsp3) is 0.250. The first kappa shape index (κ1) is 21.4. The molecule has 0 bridgehead atoms. The van der Waals surface area contributed by atoms with Crippen LogP contribution >= 0.6 is 46.4 Å². The van der Waals surface area contributed by atoms with Crippen molar-refractivity contribution in [2.45, 2.75) is 4.90 Å². The van der Waals surface area contributed by atoms with Crippen LogP contribution in [0.25, 0.3) is 0 Å². The molecule has 1 N–H and O–H groups in total. The number of halogens is 4. The fourth-order valence-corrected chi connectivity index (χ4v) is 4.16. The largest absolute Gasteiger partial charge is 0.491 e. The normalized spacial score (nSPS) is 11.7. The number of benzene rings is 2. The molecule has 0 amide bonds. The summed E-state index contributed by atoms with van der Waals surface area (Å²) >= 11 is 23.8. The van der Waals surface area contributed by atoms with Crippen LogP contribution in [0.4, 0.5) is 5.69 Å². The molecule has 0 unspecified atom stereocenters. The number of hydrogen-bond donors (Lipinski definition) is 1. The molecule has 0 aliphatic rings. The van der Waals surface area contributed by atoms with Crippen molar-refractivity contribution in [1.29, 1.82) is 0 Å². The van der Waals surface area contributed by atoms with Crippen LogP contribution in [0.3, 0.4) is 0 Å². The SMILES string of the molecule is CN(C)CCOc1cc(NS(=O)(=O)c2cc(Cl)c(Cl)cc2Cl)ccc1Cl. The highest BCUT2D eigenvalue weighted by molar-refractivity contribution is 7.92. The smallest absolute Gasteiger partial charge is 0.263 e. The molecule has 0 spiro atoms. The van der Waals surface area contributed by atoms with Gasteiger partial charge in [0.1, 0.15) is 17.3 Å². The third kappa shape index (κ3) is 5.55. The predicted molar refractivity (Wildman–Crippen MR) is 108 cm³/mol. The Balaban J connectivity index is 2.26. The Morgan fingerprint density at radius 1 is 0.962 bits per heavy atom. The molecule has 0 aliphatic carbocycles. The average molecular weight is 458 g/mol. The Morgan fingerprint density at radius 2 is 1.62 bits per heavy atom. The van der Waals surface area contributed by atoms with Crippen LogP contribution in [0.2, 0.25) is 20.1 Å². The zero-order valence-corrected chi connectivity index (χ0v) is 17.7. The Labute approximate surface area is 172 Å². The number of anilines is 1. The Bertz CT molecular complexity index is 905. The predicted octanol–water partition coefficient (Wildman–Crippen LogP) is 5.04. The second kappa shape index (κ2) is 8.87. The quantitative estimate of drug-likeness (QED) is 0.591. The summed E-state index contributed by atoms with van der Waals surface area (Å²) in [5.41, 5.74) is 0.274. The Hall–Kier alpha value is -0.890. The van der Waals surface area contributed by atoms with Gasteiger partial charge in [0.15, 0.2) is 0 Å². The van der Waals surface area contributed by atoms with Crippen molar-refractivity contribution in [3.63, 3.8) is 0 Å². The summed E-state index contributed by atoms with van der Waals surface area (Å²) in [5, 5.41) is 0.585. The summed E-state index contributed by atoms with van der Waals surface area (Å²) in [6, 6.07) is 7.03. The molecular weight excluding hydrogens is 442 g/mol. The molecule has 2 aromatic carbocycles. The molecule has 0 aromatic heterocycles. The van der Waals surface area contributed by atoms with Gasteiger partial charge < -0.3 is 9.64 Å². The molecule has 0 saturated carbocycles. The Morgan fingerprint density at radius 3 is 2.27 bits per heavy atom. The number of nitrogens with one attached hydrogen (secondary N) is 1. The van der Waals surface area contributed by atoms with E-state index in [1.165, 1.54) is 24.3 Å². The van der Waals surface area contributed by atoms with Crippen molar-refractivity contribution in [2.75, 3.05) is 32.0 Å². The number of hydrogen-bond acceptors (Lipinski definition) is 4. The maximum Gasteiger partial charge on any atom is 0.263 e. The van der Waals surface area contributed by atoms with Crippen LogP contribution in [0.5, 0.6) is 5.75 Å². The van der Waals surface area contributed by atoms with Crippen LogP contribution in [-0.4, -0.2) is 40.6 Å². The van der Waals surface area contributed by atoms with Gasteiger partial charge in [0.2, 0.25) is 0 Å². The van der Waals surface area contributed by atoms with Crippen molar-refractivity contribution >= 4 is 62.1 Å². The summed E-state index contributed by atoms with van der Waals surface area (Å²) < 4.78 is 33.2. The molecule has 142 valence electrons. The molecule has 0 radical (unpaired) electrons. The highest BCUT2D eigenvalue weighted by Crippen LogP contribution is 2.34. The van der Waals surface area contributed by atoms with Crippen molar-refractivity contribution in [3.05, 3.63) is 50.4 Å². The fourth-order valence-electron chi connectivity index (χ4n) is 1.94. The Kier molecular flexibility index (Phi) is 7.30. The maximum absolute atomic E-state index is 12.6. The van der Waals surface area contributed by atoms with E-state index in [2.05, 4.69) is 4.72 Å². The van der Waals surface area contributed by atoms with E-state index in [4.69, 9.17) is 51.1 Å². The molecule has 0 saturated heterocycles. The highest BCUT2D eigenvalue weighted by Gasteiger charge is 2.20. The van der Waals surface area contributed by atoms with Gasteiger partial charge in [0, 0.05) is 12.6 Å². The van der Waals surface area contributed by atoms with Crippen molar-refractivity contribution in [2.24, 2.45) is 0 Å². The van der Waals surface area contributed by atoms with Gasteiger partial charge in [-0.1, -0.05) is 46.4 Å². The van der Waals surface area contributed by atoms with E-state index in [0.29, 0.717) is 23.9 Å². The number of nitrogens with zero attached hydrogens (tertiary/aromatic N) is 1. The van der Waals surface area contributed by atoms with Crippen LogP contribution in [-0.2, 0) is 10.0 Å². The second-order valence-corrected chi connectivity index (χ2v) is 8.88. The lowest BCUT2D eigenvalue weighted by atomic mass is 10.3. The summed E-state index contributed by atoms with van der Waals surface area (Å²) in [7, 11) is -0.152. The van der Waals surface area contributed by atoms with Gasteiger partial charge in [-0.2, -0.15) is 0 Å². The van der Waals surface area contributed by atoms with Crippen LogP contribution in [0.1, 0.15) is 0 Å². The highest BCUT2D eigenvalue weighted by atomic mass is 35.5. The molecule has 0 atom stereocenters. The summed E-state index contributed by atoms with van der Waals surface area (Å²) in [5.74, 6) is 0.369. The number of rotatable bonds is 7. The molecule has 5 nitrogen and oxygen atoms in total. The van der Waals surface area contributed by atoms with Gasteiger partial charge >= 0.3 is 0 Å². The minimum Gasteiger partial charge on any atom is -0.491 e. The van der Waals surface area contributed by atoms with Gasteiger partial charge in [0.05, 0.1) is 25.8 Å². The van der Waals surface area contributed by atoms with E-state index < -0.39 is 10.0 Å². The minimum absolute atomic E-state index is 0.0386. The van der Waals surface area contributed by atoms with E-state index in [1.807, 2.05) is 19.0 Å². The minimum atomic E-state index is -3.98. The van der Waals surface area contributed by atoms with Crippen LogP contribution in [0.15, 0.2) is 35.2 Å². The topological polar surface area (TPSA) is 58.6 Å². The third-order valence-corrected chi connectivity index (χ3v) is 6.12. The molecule has 10 heteroatoms. The lowest BCUT2D eigenvalue weighted by Gasteiger charge is -2.14. The van der Waals surface area contributed by atoms with Crippen molar-refractivity contribution in [1.82, 2.24) is 4.90 Å². The molecule has 26 heavy (non-hydrogen) atoms. The molecular formula is C16H16Cl4N2O3S. The summed E-state index contributed by atoms with van der Waals surface area (Å²) in [6.45, 7) is 1.09. The summed E-state index contributed by atoms with van der Waals surface area (Å²) in [6.07, 6.45) is 0. The molecule has 0 heterocycles. The van der Waals surface area contributed by atoms with Gasteiger partial charge in [-0.05, 0) is 38.4 Å². The standard InChI is InChI=1S/C16H16Cl4N2O3S/c1-22(2)5-6-25-15-7-10(3-4-11(15)17)21-26(23,24)16-9-13(19)12(18)8-14(16)20/h3-4,7-9,21H,5-6H2,1-2H3. The van der Waals surface area contributed by atoms with E-state index in [9.17, 15) is 8.42 Å². The van der Waals surface area contributed by atoms with Crippen LogP contribution < -0.4 is 9.46 Å². The zero-order valence-electron chi connectivity index (χ0n) is 13.9.